The van der Waals surface area contributed by atoms with Gasteiger partial charge in [-0.3, -0.25) is 9.59 Å². The van der Waals surface area contributed by atoms with Crippen LogP contribution in [0.25, 0.3) is 0 Å². The van der Waals surface area contributed by atoms with Gasteiger partial charge in [-0.15, -0.1) is 0 Å². The van der Waals surface area contributed by atoms with Gasteiger partial charge in [-0.1, -0.05) is 42.5 Å². The molecule has 1 fully saturated rings. The van der Waals surface area contributed by atoms with Crippen LogP contribution in [0.2, 0.25) is 0 Å². The monoisotopic (exact) mass is 337 g/mol. The number of amides is 2. The van der Waals surface area contributed by atoms with Crippen molar-refractivity contribution < 1.29 is 9.59 Å². The maximum absolute atomic E-state index is 12.6. The molecule has 0 heterocycles. The number of hydrogen-bond acceptors (Lipinski definition) is 3. The van der Waals surface area contributed by atoms with Crippen molar-refractivity contribution in [1.29, 1.82) is 0 Å². The molecule has 5 heteroatoms. The van der Waals surface area contributed by atoms with E-state index in [0.717, 1.165) is 18.4 Å². The highest BCUT2D eigenvalue weighted by Crippen LogP contribution is 2.33. The molecule has 25 heavy (non-hydrogen) atoms. The van der Waals surface area contributed by atoms with Crippen LogP contribution in [0.5, 0.6) is 0 Å². The van der Waals surface area contributed by atoms with Gasteiger partial charge in [0.1, 0.15) is 0 Å². The number of nitrogens with one attached hydrogen (secondary N) is 1. The van der Waals surface area contributed by atoms with E-state index in [-0.39, 0.29) is 23.8 Å². The molecule has 1 aliphatic rings. The van der Waals surface area contributed by atoms with Gasteiger partial charge in [0.15, 0.2) is 0 Å². The van der Waals surface area contributed by atoms with Gasteiger partial charge in [0, 0.05) is 25.6 Å². The van der Waals surface area contributed by atoms with Crippen LogP contribution in [0, 0.1) is 5.92 Å². The van der Waals surface area contributed by atoms with Gasteiger partial charge in [-0.05, 0) is 30.5 Å². The molecule has 1 atom stereocenters. The Labute approximate surface area is 147 Å². The minimum atomic E-state index is -0.275. The Kier molecular flexibility index (Phi) is 5.14. The minimum Gasteiger partial charge on any atom is -0.350 e. The van der Waals surface area contributed by atoms with Gasteiger partial charge in [0.2, 0.25) is 5.91 Å². The standard InChI is InChI=1S/C20H23N3O2/c1-23(20(25)15-11-12-15)18-10-6-5-9-16(18)19(24)22-13-17(21)14-7-3-2-4-8-14/h2-10,15,17H,11-13,21H2,1H3,(H,22,24). The number of carbonyl (C=O) groups is 2. The van der Waals surface area contributed by atoms with E-state index < -0.39 is 0 Å². The molecule has 1 unspecified atom stereocenters. The Morgan fingerprint density at radius 1 is 1.12 bits per heavy atom. The molecule has 0 aliphatic heterocycles. The van der Waals surface area contributed by atoms with E-state index >= 15 is 0 Å². The van der Waals surface area contributed by atoms with Crippen LogP contribution in [-0.4, -0.2) is 25.4 Å². The zero-order valence-electron chi connectivity index (χ0n) is 14.3. The Balaban J connectivity index is 1.69. The predicted octanol–water partition coefficient (Wildman–Crippen LogP) is 2.49. The van der Waals surface area contributed by atoms with Crippen LogP contribution in [0.1, 0.15) is 34.8 Å². The third-order valence-corrected chi connectivity index (χ3v) is 4.48. The zero-order chi connectivity index (χ0) is 17.8. The Morgan fingerprint density at radius 3 is 2.44 bits per heavy atom. The molecule has 2 amide bonds. The smallest absolute Gasteiger partial charge is 0.253 e. The Hall–Kier alpha value is -2.66. The van der Waals surface area contributed by atoms with E-state index in [1.54, 1.807) is 30.1 Å². The molecule has 0 spiro atoms. The first-order chi connectivity index (χ1) is 12.1. The second kappa shape index (κ2) is 7.49. The molecule has 0 bridgehead atoms. The van der Waals surface area contributed by atoms with Gasteiger partial charge < -0.3 is 16.0 Å². The molecule has 2 aromatic rings. The number of nitrogens with zero attached hydrogens (tertiary/aromatic N) is 1. The molecule has 130 valence electrons. The second-order valence-electron chi connectivity index (χ2n) is 6.42. The highest BCUT2D eigenvalue weighted by molar-refractivity contribution is 6.05. The largest absolute Gasteiger partial charge is 0.350 e. The third kappa shape index (κ3) is 4.06. The van der Waals surface area contributed by atoms with E-state index in [9.17, 15) is 9.59 Å². The first kappa shape index (κ1) is 17.2. The molecule has 0 radical (unpaired) electrons. The maximum atomic E-state index is 12.6. The molecule has 0 aromatic heterocycles. The summed E-state index contributed by atoms with van der Waals surface area (Å²) >= 11 is 0. The van der Waals surface area contributed by atoms with Crippen molar-refractivity contribution in [2.75, 3.05) is 18.5 Å². The average molecular weight is 337 g/mol. The first-order valence-electron chi connectivity index (χ1n) is 8.53. The number of para-hydroxylation sites is 1. The summed E-state index contributed by atoms with van der Waals surface area (Å²) in [5, 5.41) is 2.87. The van der Waals surface area contributed by atoms with Crippen molar-refractivity contribution in [2.24, 2.45) is 11.7 Å². The first-order valence-corrected chi connectivity index (χ1v) is 8.53. The number of rotatable bonds is 6. The van der Waals surface area contributed by atoms with Gasteiger partial charge in [-0.25, -0.2) is 0 Å². The van der Waals surface area contributed by atoms with Gasteiger partial charge >= 0.3 is 0 Å². The number of nitrogens with two attached hydrogens (primary N) is 1. The van der Waals surface area contributed by atoms with Crippen LogP contribution in [-0.2, 0) is 4.79 Å². The fourth-order valence-electron chi connectivity index (χ4n) is 2.80. The normalized spacial score (nSPS) is 14.6. The highest BCUT2D eigenvalue weighted by Gasteiger charge is 2.33. The van der Waals surface area contributed by atoms with E-state index in [2.05, 4.69) is 5.32 Å². The third-order valence-electron chi connectivity index (χ3n) is 4.48. The number of benzene rings is 2. The fourth-order valence-corrected chi connectivity index (χ4v) is 2.80. The predicted molar refractivity (Wildman–Crippen MR) is 98.3 cm³/mol. The SMILES string of the molecule is CN(C(=O)C1CC1)c1ccccc1C(=O)NCC(N)c1ccccc1. The molecule has 1 aliphatic carbocycles. The molecule has 3 rings (SSSR count). The lowest BCUT2D eigenvalue weighted by atomic mass is 10.1. The van der Waals surface area contributed by atoms with E-state index in [4.69, 9.17) is 5.73 Å². The maximum Gasteiger partial charge on any atom is 0.253 e. The number of hydrogen-bond donors (Lipinski definition) is 2. The minimum absolute atomic E-state index is 0.0706. The fraction of sp³-hybridized carbons (Fsp3) is 0.300. The van der Waals surface area contributed by atoms with Crippen molar-refractivity contribution in [2.45, 2.75) is 18.9 Å². The lowest BCUT2D eigenvalue weighted by molar-refractivity contribution is -0.119. The van der Waals surface area contributed by atoms with Crippen molar-refractivity contribution >= 4 is 17.5 Å². The summed E-state index contributed by atoms with van der Waals surface area (Å²) in [6.07, 6.45) is 1.87. The summed E-state index contributed by atoms with van der Waals surface area (Å²) in [6.45, 7) is 0.331. The summed E-state index contributed by atoms with van der Waals surface area (Å²) in [7, 11) is 1.72. The summed E-state index contributed by atoms with van der Waals surface area (Å²) in [5.74, 6) is -0.0497. The molecule has 3 N–H and O–H groups in total. The van der Waals surface area contributed by atoms with Crippen LogP contribution in [0.3, 0.4) is 0 Å². The van der Waals surface area contributed by atoms with Gasteiger partial charge in [-0.2, -0.15) is 0 Å². The lowest BCUT2D eigenvalue weighted by Gasteiger charge is -2.21. The summed E-state index contributed by atoms with van der Waals surface area (Å²) in [5.41, 5.74) is 8.22. The second-order valence-corrected chi connectivity index (χ2v) is 6.42. The molecule has 0 saturated heterocycles. The lowest BCUT2D eigenvalue weighted by Crippen LogP contribution is -2.34. The van der Waals surface area contributed by atoms with E-state index in [1.807, 2.05) is 36.4 Å². The van der Waals surface area contributed by atoms with E-state index in [0.29, 0.717) is 17.8 Å². The topological polar surface area (TPSA) is 75.4 Å². The van der Waals surface area contributed by atoms with Crippen molar-refractivity contribution in [3.05, 3.63) is 65.7 Å². The number of carbonyl (C=O) groups excluding carboxylic acids is 2. The van der Waals surface area contributed by atoms with Gasteiger partial charge in [0.05, 0.1) is 11.3 Å². The Morgan fingerprint density at radius 2 is 1.76 bits per heavy atom. The molecular weight excluding hydrogens is 314 g/mol. The average Bonchev–Trinajstić information content (AvgIpc) is 3.50. The quantitative estimate of drug-likeness (QED) is 0.850. The van der Waals surface area contributed by atoms with Crippen LogP contribution < -0.4 is 16.0 Å². The summed E-state index contributed by atoms with van der Waals surface area (Å²) in [6, 6.07) is 16.5. The highest BCUT2D eigenvalue weighted by atomic mass is 16.2. The van der Waals surface area contributed by atoms with Crippen LogP contribution >= 0.6 is 0 Å². The van der Waals surface area contributed by atoms with Crippen molar-refractivity contribution in [3.8, 4) is 0 Å². The Bertz CT molecular complexity index is 757. The summed E-state index contributed by atoms with van der Waals surface area (Å²) in [4.78, 5) is 26.5. The molecular formula is C20H23N3O2. The zero-order valence-corrected chi connectivity index (χ0v) is 14.3. The van der Waals surface area contributed by atoms with Crippen LogP contribution in [0.4, 0.5) is 5.69 Å². The van der Waals surface area contributed by atoms with Crippen molar-refractivity contribution in [1.82, 2.24) is 5.32 Å². The summed E-state index contributed by atoms with van der Waals surface area (Å²) < 4.78 is 0. The molecule has 5 nitrogen and oxygen atoms in total. The molecule has 1 saturated carbocycles. The van der Waals surface area contributed by atoms with Crippen LogP contribution in [0.15, 0.2) is 54.6 Å². The number of anilines is 1. The van der Waals surface area contributed by atoms with Gasteiger partial charge in [0.25, 0.3) is 5.91 Å². The molecule has 2 aromatic carbocycles. The van der Waals surface area contributed by atoms with Crippen molar-refractivity contribution in [3.63, 3.8) is 0 Å². The van der Waals surface area contributed by atoms with E-state index in [1.165, 1.54) is 0 Å².